The van der Waals surface area contributed by atoms with Gasteiger partial charge >= 0.3 is 0 Å². The van der Waals surface area contributed by atoms with Crippen molar-refractivity contribution in [2.75, 3.05) is 10.6 Å². The lowest BCUT2D eigenvalue weighted by Crippen LogP contribution is -2.15. The van der Waals surface area contributed by atoms with Crippen LogP contribution in [0.15, 0.2) is 40.9 Å². The van der Waals surface area contributed by atoms with Gasteiger partial charge in [0, 0.05) is 23.2 Å². The maximum atomic E-state index is 6.04. The van der Waals surface area contributed by atoms with E-state index in [4.69, 9.17) is 5.73 Å². The Balaban J connectivity index is 1.96. The molecular formula is C15H15BrN2. The summed E-state index contributed by atoms with van der Waals surface area (Å²) in [5.74, 6) is 0. The van der Waals surface area contributed by atoms with Gasteiger partial charge in [0.15, 0.2) is 0 Å². The van der Waals surface area contributed by atoms with Crippen LogP contribution >= 0.6 is 15.9 Å². The Kier molecular flexibility index (Phi) is 2.78. The van der Waals surface area contributed by atoms with Crippen molar-refractivity contribution in [2.45, 2.75) is 20.0 Å². The topological polar surface area (TPSA) is 29.3 Å². The highest BCUT2D eigenvalue weighted by Gasteiger charge is 2.22. The molecular weight excluding hydrogens is 288 g/mol. The van der Waals surface area contributed by atoms with Crippen molar-refractivity contribution in [1.82, 2.24) is 0 Å². The average molecular weight is 303 g/mol. The van der Waals surface area contributed by atoms with Crippen LogP contribution in [-0.2, 0) is 13.1 Å². The summed E-state index contributed by atoms with van der Waals surface area (Å²) in [6, 6.07) is 12.6. The lowest BCUT2D eigenvalue weighted by molar-refractivity contribution is 0.877. The molecule has 0 saturated heterocycles. The third-order valence-electron chi connectivity index (χ3n) is 3.46. The summed E-state index contributed by atoms with van der Waals surface area (Å²) in [7, 11) is 0. The first kappa shape index (κ1) is 11.6. The van der Waals surface area contributed by atoms with E-state index in [0.29, 0.717) is 0 Å². The summed E-state index contributed by atoms with van der Waals surface area (Å²) in [5, 5.41) is 0. The fourth-order valence-electron chi connectivity index (χ4n) is 2.49. The first-order chi connectivity index (χ1) is 8.65. The average Bonchev–Trinajstić information content (AvgIpc) is 2.74. The molecule has 2 aromatic carbocycles. The summed E-state index contributed by atoms with van der Waals surface area (Å²) in [4.78, 5) is 2.35. The monoisotopic (exact) mass is 302 g/mol. The SMILES string of the molecule is Cc1ccc(N2Cc3cccc(N)c3C2)c(Br)c1. The second kappa shape index (κ2) is 4.32. The number of halogens is 1. The van der Waals surface area contributed by atoms with Crippen molar-refractivity contribution < 1.29 is 0 Å². The number of rotatable bonds is 1. The molecule has 0 spiro atoms. The van der Waals surface area contributed by atoms with E-state index in [1.807, 2.05) is 12.1 Å². The minimum absolute atomic E-state index is 0.893. The van der Waals surface area contributed by atoms with Crippen LogP contribution in [0, 0.1) is 6.92 Å². The van der Waals surface area contributed by atoms with E-state index in [-0.39, 0.29) is 0 Å². The molecule has 3 heteroatoms. The number of aryl methyl sites for hydroxylation is 1. The highest BCUT2D eigenvalue weighted by molar-refractivity contribution is 9.10. The van der Waals surface area contributed by atoms with E-state index in [0.717, 1.165) is 23.2 Å². The zero-order valence-corrected chi connectivity index (χ0v) is 11.9. The van der Waals surface area contributed by atoms with Crippen molar-refractivity contribution in [1.29, 1.82) is 0 Å². The fourth-order valence-corrected chi connectivity index (χ4v) is 3.23. The van der Waals surface area contributed by atoms with Gasteiger partial charge in [-0.15, -0.1) is 0 Å². The lowest BCUT2D eigenvalue weighted by Gasteiger charge is -2.19. The van der Waals surface area contributed by atoms with E-state index in [9.17, 15) is 0 Å². The summed E-state index contributed by atoms with van der Waals surface area (Å²) < 4.78 is 1.15. The summed E-state index contributed by atoms with van der Waals surface area (Å²) >= 11 is 3.65. The molecule has 0 fully saturated rings. The van der Waals surface area contributed by atoms with Gasteiger partial charge < -0.3 is 10.6 Å². The van der Waals surface area contributed by atoms with Crippen LogP contribution in [0.25, 0.3) is 0 Å². The minimum Gasteiger partial charge on any atom is -0.398 e. The number of nitrogens with two attached hydrogens (primary N) is 1. The molecule has 2 aromatic rings. The van der Waals surface area contributed by atoms with Crippen LogP contribution in [0.1, 0.15) is 16.7 Å². The molecule has 0 aliphatic carbocycles. The quantitative estimate of drug-likeness (QED) is 0.811. The van der Waals surface area contributed by atoms with E-state index in [2.05, 4.69) is 52.0 Å². The molecule has 0 bridgehead atoms. The van der Waals surface area contributed by atoms with Crippen molar-refractivity contribution in [2.24, 2.45) is 0 Å². The van der Waals surface area contributed by atoms with Crippen molar-refractivity contribution in [3.63, 3.8) is 0 Å². The Hall–Kier alpha value is -1.48. The van der Waals surface area contributed by atoms with Crippen LogP contribution in [-0.4, -0.2) is 0 Å². The molecule has 0 radical (unpaired) electrons. The van der Waals surface area contributed by atoms with Gasteiger partial charge in [0.1, 0.15) is 0 Å². The van der Waals surface area contributed by atoms with Gasteiger partial charge in [0.05, 0.1) is 5.69 Å². The smallest absolute Gasteiger partial charge is 0.0516 e. The molecule has 1 aliphatic heterocycles. The molecule has 1 heterocycles. The molecule has 1 aliphatic rings. The predicted molar refractivity (Wildman–Crippen MR) is 79.6 cm³/mol. The maximum Gasteiger partial charge on any atom is 0.0516 e. The Labute approximate surface area is 116 Å². The zero-order valence-electron chi connectivity index (χ0n) is 10.3. The van der Waals surface area contributed by atoms with Gasteiger partial charge in [-0.05, 0) is 57.7 Å². The largest absolute Gasteiger partial charge is 0.398 e. The number of anilines is 2. The van der Waals surface area contributed by atoms with Gasteiger partial charge in [-0.1, -0.05) is 18.2 Å². The van der Waals surface area contributed by atoms with Crippen molar-refractivity contribution in [3.05, 3.63) is 57.6 Å². The summed E-state index contributed by atoms with van der Waals surface area (Å²) in [6.45, 7) is 3.93. The Morgan fingerprint density at radius 2 is 2.00 bits per heavy atom. The van der Waals surface area contributed by atoms with Crippen LogP contribution in [0.4, 0.5) is 11.4 Å². The molecule has 0 atom stereocenters. The standard InChI is InChI=1S/C15H15BrN2/c1-10-5-6-15(13(16)7-10)18-8-11-3-2-4-14(17)12(11)9-18/h2-7H,8-9,17H2,1H3. The minimum atomic E-state index is 0.893. The zero-order chi connectivity index (χ0) is 12.7. The van der Waals surface area contributed by atoms with E-state index in [1.54, 1.807) is 0 Å². The predicted octanol–water partition coefficient (Wildman–Crippen LogP) is 3.86. The van der Waals surface area contributed by atoms with Gasteiger partial charge in [0.25, 0.3) is 0 Å². The highest BCUT2D eigenvalue weighted by atomic mass is 79.9. The summed E-state index contributed by atoms with van der Waals surface area (Å²) in [6.07, 6.45) is 0. The van der Waals surface area contributed by atoms with E-state index < -0.39 is 0 Å². The second-order valence-electron chi connectivity index (χ2n) is 4.80. The molecule has 92 valence electrons. The number of nitrogen functional groups attached to an aromatic ring is 1. The van der Waals surface area contributed by atoms with E-state index in [1.165, 1.54) is 22.4 Å². The molecule has 0 saturated carbocycles. The van der Waals surface area contributed by atoms with Gasteiger partial charge in [0.2, 0.25) is 0 Å². The third kappa shape index (κ3) is 1.89. The fraction of sp³-hybridized carbons (Fsp3) is 0.200. The van der Waals surface area contributed by atoms with Crippen LogP contribution in [0.5, 0.6) is 0 Å². The second-order valence-corrected chi connectivity index (χ2v) is 5.65. The normalized spacial score (nSPS) is 13.8. The van der Waals surface area contributed by atoms with E-state index >= 15 is 0 Å². The molecule has 0 unspecified atom stereocenters. The molecule has 0 aromatic heterocycles. The van der Waals surface area contributed by atoms with Gasteiger partial charge in [-0.2, -0.15) is 0 Å². The van der Waals surface area contributed by atoms with Crippen molar-refractivity contribution >= 4 is 27.3 Å². The van der Waals surface area contributed by atoms with Crippen LogP contribution in [0.3, 0.4) is 0 Å². The van der Waals surface area contributed by atoms with Crippen molar-refractivity contribution in [3.8, 4) is 0 Å². The number of benzene rings is 2. The number of nitrogens with zero attached hydrogens (tertiary/aromatic N) is 1. The molecule has 18 heavy (non-hydrogen) atoms. The van der Waals surface area contributed by atoms with Crippen LogP contribution < -0.4 is 10.6 Å². The number of fused-ring (bicyclic) bond motifs is 1. The summed E-state index contributed by atoms with van der Waals surface area (Å²) in [5.41, 5.74) is 12.0. The molecule has 2 N–H and O–H groups in total. The lowest BCUT2D eigenvalue weighted by atomic mass is 10.1. The Morgan fingerprint density at radius 3 is 2.72 bits per heavy atom. The Bertz CT molecular complexity index is 607. The molecule has 2 nitrogen and oxygen atoms in total. The number of hydrogen-bond donors (Lipinski definition) is 1. The van der Waals surface area contributed by atoms with Gasteiger partial charge in [-0.25, -0.2) is 0 Å². The highest BCUT2D eigenvalue weighted by Crippen LogP contribution is 2.35. The van der Waals surface area contributed by atoms with Gasteiger partial charge in [-0.3, -0.25) is 0 Å². The maximum absolute atomic E-state index is 6.04. The molecule has 3 rings (SSSR count). The Morgan fingerprint density at radius 1 is 1.17 bits per heavy atom. The first-order valence-electron chi connectivity index (χ1n) is 6.02. The number of hydrogen-bond acceptors (Lipinski definition) is 2. The molecule has 0 amide bonds. The third-order valence-corrected chi connectivity index (χ3v) is 4.10. The van der Waals surface area contributed by atoms with Crippen LogP contribution in [0.2, 0.25) is 0 Å². The first-order valence-corrected chi connectivity index (χ1v) is 6.82.